The van der Waals surface area contributed by atoms with Crippen molar-refractivity contribution < 1.29 is 14.3 Å². The first kappa shape index (κ1) is 21.6. The van der Waals surface area contributed by atoms with Gasteiger partial charge in [0, 0.05) is 12.6 Å². The number of carbonyl (C=O) groups excluding carboxylic acids is 1. The molecule has 0 saturated heterocycles. The monoisotopic (exact) mass is 431 g/mol. The first-order chi connectivity index (χ1) is 14.3. The minimum atomic E-state index is -0.483. The van der Waals surface area contributed by atoms with E-state index in [1.165, 1.54) is 27.6 Å². The molecule has 0 aliphatic carbocycles. The molecule has 0 saturated carbocycles. The predicted molar refractivity (Wildman–Crippen MR) is 118 cm³/mol. The van der Waals surface area contributed by atoms with Crippen LogP contribution in [0.5, 0.6) is 11.5 Å². The van der Waals surface area contributed by atoms with Gasteiger partial charge in [0.25, 0.3) is 5.56 Å². The Morgan fingerprint density at radius 2 is 1.90 bits per heavy atom. The number of ether oxygens (including phenoxy) is 2. The van der Waals surface area contributed by atoms with Crippen LogP contribution in [-0.2, 0) is 17.9 Å². The Kier molecular flexibility index (Phi) is 6.61. The molecule has 0 radical (unpaired) electrons. The van der Waals surface area contributed by atoms with Gasteiger partial charge in [-0.15, -0.1) is 11.3 Å². The molecule has 0 aliphatic heterocycles. The van der Waals surface area contributed by atoms with Crippen molar-refractivity contribution in [2.45, 2.75) is 33.4 Å². The van der Waals surface area contributed by atoms with Crippen LogP contribution >= 0.6 is 11.3 Å². The molecule has 9 heteroatoms. The summed E-state index contributed by atoms with van der Waals surface area (Å²) >= 11 is 1.27. The van der Waals surface area contributed by atoms with E-state index in [9.17, 15) is 14.4 Å². The normalized spacial score (nSPS) is 11.1. The third-order valence-electron chi connectivity index (χ3n) is 4.75. The molecule has 3 aromatic rings. The number of anilines is 1. The maximum absolute atomic E-state index is 13.0. The first-order valence-electron chi connectivity index (χ1n) is 9.58. The van der Waals surface area contributed by atoms with E-state index in [1.54, 1.807) is 36.8 Å². The van der Waals surface area contributed by atoms with Gasteiger partial charge in [-0.25, -0.2) is 4.79 Å². The summed E-state index contributed by atoms with van der Waals surface area (Å²) in [6, 6.07) is 6.72. The molecule has 0 unspecified atom stereocenters. The average molecular weight is 432 g/mol. The first-order valence-corrected chi connectivity index (χ1v) is 10.5. The molecule has 0 spiro atoms. The van der Waals surface area contributed by atoms with E-state index < -0.39 is 11.6 Å². The van der Waals surface area contributed by atoms with E-state index in [1.807, 2.05) is 13.8 Å². The zero-order valence-electron chi connectivity index (χ0n) is 17.4. The van der Waals surface area contributed by atoms with Crippen molar-refractivity contribution in [1.29, 1.82) is 0 Å². The number of hydrogen-bond donors (Lipinski definition) is 1. The number of fused-ring (bicyclic) bond motifs is 1. The summed E-state index contributed by atoms with van der Waals surface area (Å²) in [5.74, 6) is 0.979. The van der Waals surface area contributed by atoms with Crippen molar-refractivity contribution in [2.75, 3.05) is 19.5 Å². The van der Waals surface area contributed by atoms with Crippen molar-refractivity contribution in [3.8, 4) is 11.5 Å². The maximum atomic E-state index is 13.0. The Hall–Kier alpha value is -3.07. The van der Waals surface area contributed by atoms with Gasteiger partial charge in [0.05, 0.1) is 25.4 Å². The molecule has 2 aromatic heterocycles. The summed E-state index contributed by atoms with van der Waals surface area (Å²) in [7, 11) is 3.04. The summed E-state index contributed by atoms with van der Waals surface area (Å²) in [5.41, 5.74) is 0.140. The SMILES string of the molecule is COc1ccc(NC(=O)Cn2c(=O)n(CCC(C)C)c(=O)c3sccc32)c(OC)c1. The fourth-order valence-corrected chi connectivity index (χ4v) is 3.95. The Balaban J connectivity index is 1.94. The third-order valence-corrected chi connectivity index (χ3v) is 5.64. The lowest BCUT2D eigenvalue weighted by Crippen LogP contribution is -2.41. The summed E-state index contributed by atoms with van der Waals surface area (Å²) in [6.45, 7) is 4.16. The maximum Gasteiger partial charge on any atom is 0.332 e. The van der Waals surface area contributed by atoms with Gasteiger partial charge < -0.3 is 14.8 Å². The lowest BCUT2D eigenvalue weighted by Gasteiger charge is -2.14. The van der Waals surface area contributed by atoms with E-state index in [4.69, 9.17) is 9.47 Å². The van der Waals surface area contributed by atoms with Crippen LogP contribution in [-0.4, -0.2) is 29.3 Å². The molecule has 0 bridgehead atoms. The molecule has 2 heterocycles. The highest BCUT2D eigenvalue weighted by atomic mass is 32.1. The zero-order valence-corrected chi connectivity index (χ0v) is 18.2. The molecule has 3 rings (SSSR count). The highest BCUT2D eigenvalue weighted by molar-refractivity contribution is 7.17. The summed E-state index contributed by atoms with van der Waals surface area (Å²) in [4.78, 5) is 38.5. The van der Waals surface area contributed by atoms with E-state index in [0.717, 1.165) is 0 Å². The molecular weight excluding hydrogens is 406 g/mol. The van der Waals surface area contributed by atoms with Crippen LogP contribution in [0.15, 0.2) is 39.2 Å². The van der Waals surface area contributed by atoms with Gasteiger partial charge in [-0.2, -0.15) is 0 Å². The van der Waals surface area contributed by atoms with Crippen molar-refractivity contribution in [2.24, 2.45) is 5.92 Å². The Labute approximate surface area is 177 Å². The van der Waals surface area contributed by atoms with Crippen LogP contribution in [0, 0.1) is 5.92 Å². The van der Waals surface area contributed by atoms with Crippen molar-refractivity contribution in [3.63, 3.8) is 0 Å². The highest BCUT2D eigenvalue weighted by Crippen LogP contribution is 2.29. The minimum absolute atomic E-state index is 0.219. The summed E-state index contributed by atoms with van der Waals surface area (Å²) in [5, 5.41) is 4.52. The minimum Gasteiger partial charge on any atom is -0.497 e. The van der Waals surface area contributed by atoms with E-state index in [0.29, 0.717) is 46.3 Å². The smallest absolute Gasteiger partial charge is 0.332 e. The van der Waals surface area contributed by atoms with Gasteiger partial charge in [0.1, 0.15) is 22.7 Å². The van der Waals surface area contributed by atoms with Crippen LogP contribution in [0.2, 0.25) is 0 Å². The highest BCUT2D eigenvalue weighted by Gasteiger charge is 2.17. The standard InChI is InChI=1S/C21H25N3O5S/c1-13(2)7-9-23-20(26)19-16(8-10-30-19)24(21(23)27)12-18(25)22-15-6-5-14(28-3)11-17(15)29-4/h5-6,8,10-11,13H,7,9,12H2,1-4H3,(H,22,25). The fraction of sp³-hybridized carbons (Fsp3) is 0.381. The number of methoxy groups -OCH3 is 2. The molecular formula is C21H25N3O5S. The number of nitrogens with one attached hydrogen (secondary N) is 1. The summed E-state index contributed by atoms with van der Waals surface area (Å²) < 4.78 is 13.5. The van der Waals surface area contributed by atoms with Crippen molar-refractivity contribution >= 4 is 33.1 Å². The van der Waals surface area contributed by atoms with Gasteiger partial charge in [0.2, 0.25) is 5.91 Å². The topological polar surface area (TPSA) is 91.6 Å². The number of rotatable bonds is 8. The Morgan fingerprint density at radius 3 is 2.57 bits per heavy atom. The predicted octanol–water partition coefficient (Wildman–Crippen LogP) is 2.93. The molecule has 1 amide bonds. The van der Waals surface area contributed by atoms with Gasteiger partial charge in [-0.1, -0.05) is 13.8 Å². The largest absolute Gasteiger partial charge is 0.497 e. The lowest BCUT2D eigenvalue weighted by molar-refractivity contribution is -0.116. The van der Waals surface area contributed by atoms with Crippen LogP contribution < -0.4 is 26.0 Å². The van der Waals surface area contributed by atoms with Gasteiger partial charge in [0.15, 0.2) is 0 Å². The van der Waals surface area contributed by atoms with Gasteiger partial charge in [-0.3, -0.25) is 18.7 Å². The molecule has 8 nitrogen and oxygen atoms in total. The van der Waals surface area contributed by atoms with E-state index in [-0.39, 0.29) is 12.1 Å². The average Bonchev–Trinajstić information content (AvgIpc) is 3.21. The van der Waals surface area contributed by atoms with Crippen LogP contribution in [0.3, 0.4) is 0 Å². The molecule has 0 aliphatic rings. The summed E-state index contributed by atoms with van der Waals surface area (Å²) in [6.07, 6.45) is 0.696. The molecule has 30 heavy (non-hydrogen) atoms. The number of amides is 1. The second kappa shape index (κ2) is 9.17. The number of aromatic nitrogens is 2. The van der Waals surface area contributed by atoms with Crippen LogP contribution in [0.1, 0.15) is 20.3 Å². The van der Waals surface area contributed by atoms with Crippen LogP contribution in [0.4, 0.5) is 5.69 Å². The zero-order chi connectivity index (χ0) is 21.8. The Morgan fingerprint density at radius 1 is 1.13 bits per heavy atom. The molecule has 0 atom stereocenters. The number of carbonyl (C=O) groups is 1. The fourth-order valence-electron chi connectivity index (χ4n) is 3.11. The number of thiophene rings is 1. The molecule has 0 fully saturated rings. The second-order valence-corrected chi connectivity index (χ2v) is 8.17. The molecule has 160 valence electrons. The van der Waals surface area contributed by atoms with E-state index in [2.05, 4.69) is 5.32 Å². The number of nitrogens with zero attached hydrogens (tertiary/aromatic N) is 2. The number of benzene rings is 1. The lowest BCUT2D eigenvalue weighted by atomic mass is 10.1. The Bertz CT molecular complexity index is 1180. The molecule has 1 aromatic carbocycles. The van der Waals surface area contributed by atoms with Crippen molar-refractivity contribution in [1.82, 2.24) is 9.13 Å². The molecule has 1 N–H and O–H groups in total. The van der Waals surface area contributed by atoms with Gasteiger partial charge in [-0.05, 0) is 35.9 Å². The second-order valence-electron chi connectivity index (χ2n) is 7.26. The van der Waals surface area contributed by atoms with Gasteiger partial charge >= 0.3 is 5.69 Å². The van der Waals surface area contributed by atoms with E-state index >= 15 is 0 Å². The third kappa shape index (κ3) is 4.40. The number of hydrogen-bond acceptors (Lipinski definition) is 6. The van der Waals surface area contributed by atoms with Crippen LogP contribution in [0.25, 0.3) is 10.2 Å². The quantitative estimate of drug-likeness (QED) is 0.592. The van der Waals surface area contributed by atoms with Crippen molar-refractivity contribution in [3.05, 3.63) is 50.5 Å².